The number of amides is 2. The molecule has 2 fully saturated rings. The summed E-state index contributed by atoms with van der Waals surface area (Å²) in [6.07, 6.45) is 16.8. The SMILES string of the molecule is CC(=O)Nc1ccc(C([C]2[CH][CH][CH][CH]2)(C(=O)CC[C]2[CH][CH][CH][CH]2)c2ccc(NC(C)=O)cc2)cc1. The van der Waals surface area contributed by atoms with Crippen LogP contribution in [0.3, 0.4) is 0 Å². The highest BCUT2D eigenvalue weighted by molar-refractivity contribution is 5.99. The second-order valence-electron chi connectivity index (χ2n) is 8.66. The standard InChI is InChI=1S/C30H28N2O3/c1-21(33)31-27-16-12-25(13-17-27)30(24-9-5-6-10-24,29(35)20-11-23-7-3-4-8-23)26-14-18-28(19-15-26)32-22(2)34/h3-10,12-19H,11,20H2,1-2H3,(H,31,33)(H,32,34). The molecule has 0 spiro atoms. The van der Waals surface area contributed by atoms with E-state index in [1.165, 1.54) is 13.8 Å². The number of hydrogen-bond acceptors (Lipinski definition) is 3. The molecule has 2 amide bonds. The van der Waals surface area contributed by atoms with Gasteiger partial charge >= 0.3 is 0 Å². The van der Waals surface area contributed by atoms with Gasteiger partial charge < -0.3 is 10.6 Å². The maximum atomic E-state index is 14.2. The lowest BCUT2D eigenvalue weighted by Gasteiger charge is -2.39. The molecule has 0 bridgehead atoms. The van der Waals surface area contributed by atoms with Gasteiger partial charge in [0.25, 0.3) is 0 Å². The van der Waals surface area contributed by atoms with Crippen molar-refractivity contribution in [1.29, 1.82) is 0 Å². The predicted octanol–water partition coefficient (Wildman–Crippen LogP) is 5.05. The summed E-state index contributed by atoms with van der Waals surface area (Å²) in [7, 11) is 0. The molecule has 10 radical (unpaired) electrons. The van der Waals surface area contributed by atoms with Gasteiger partial charge in [-0.1, -0.05) is 24.3 Å². The topological polar surface area (TPSA) is 75.3 Å². The van der Waals surface area contributed by atoms with Crippen LogP contribution in [-0.4, -0.2) is 17.6 Å². The van der Waals surface area contributed by atoms with Gasteiger partial charge in [-0.05, 0) is 99.1 Å². The van der Waals surface area contributed by atoms with Gasteiger partial charge in [-0.2, -0.15) is 0 Å². The van der Waals surface area contributed by atoms with Crippen molar-refractivity contribution in [2.75, 3.05) is 10.6 Å². The molecule has 0 saturated heterocycles. The summed E-state index contributed by atoms with van der Waals surface area (Å²) in [5, 5.41) is 5.59. The van der Waals surface area contributed by atoms with Crippen LogP contribution in [0, 0.1) is 63.2 Å². The van der Waals surface area contributed by atoms with E-state index in [-0.39, 0.29) is 17.6 Å². The van der Waals surface area contributed by atoms with Crippen LogP contribution in [0.2, 0.25) is 0 Å². The Bertz CT molecular complexity index is 971. The van der Waals surface area contributed by atoms with E-state index in [4.69, 9.17) is 0 Å². The number of Topliss-reactive ketones (excluding diaryl/α,β-unsaturated/α-hetero) is 1. The van der Waals surface area contributed by atoms with Gasteiger partial charge in [0, 0.05) is 37.6 Å². The number of benzene rings is 2. The van der Waals surface area contributed by atoms with Gasteiger partial charge in [-0.3, -0.25) is 14.4 Å². The lowest BCUT2D eigenvalue weighted by molar-refractivity contribution is -0.122. The Morgan fingerprint density at radius 3 is 1.51 bits per heavy atom. The third-order valence-corrected chi connectivity index (χ3v) is 6.16. The van der Waals surface area contributed by atoms with Crippen molar-refractivity contribution in [3.8, 4) is 0 Å². The highest BCUT2D eigenvalue weighted by atomic mass is 16.2. The third-order valence-electron chi connectivity index (χ3n) is 6.16. The van der Waals surface area contributed by atoms with Gasteiger partial charge in [0.05, 0.1) is 5.41 Å². The van der Waals surface area contributed by atoms with Crippen molar-refractivity contribution in [2.45, 2.75) is 32.1 Å². The van der Waals surface area contributed by atoms with E-state index < -0.39 is 5.41 Å². The van der Waals surface area contributed by atoms with Crippen molar-refractivity contribution in [2.24, 2.45) is 0 Å². The van der Waals surface area contributed by atoms with Crippen LogP contribution in [0.4, 0.5) is 11.4 Å². The maximum absolute atomic E-state index is 14.2. The maximum Gasteiger partial charge on any atom is 0.221 e. The number of ketones is 1. The summed E-state index contributed by atoms with van der Waals surface area (Å²) in [5.41, 5.74) is 1.93. The zero-order valence-corrected chi connectivity index (χ0v) is 19.9. The van der Waals surface area contributed by atoms with Crippen LogP contribution in [0.5, 0.6) is 0 Å². The molecule has 0 atom stereocenters. The first-order valence-electron chi connectivity index (χ1n) is 11.6. The molecule has 0 heterocycles. The Labute approximate surface area is 209 Å². The number of hydrogen-bond donors (Lipinski definition) is 2. The Kier molecular flexibility index (Phi) is 8.04. The Morgan fingerprint density at radius 1 is 0.657 bits per heavy atom. The fourth-order valence-electron chi connectivity index (χ4n) is 4.65. The highest BCUT2D eigenvalue weighted by Crippen LogP contribution is 2.49. The minimum Gasteiger partial charge on any atom is -0.326 e. The summed E-state index contributed by atoms with van der Waals surface area (Å²) >= 11 is 0. The first kappa shape index (κ1) is 25.2. The second-order valence-corrected chi connectivity index (χ2v) is 8.66. The van der Waals surface area contributed by atoms with Gasteiger partial charge in [-0.15, -0.1) is 0 Å². The minimum atomic E-state index is -1.04. The zero-order chi connectivity index (χ0) is 24.8. The molecule has 0 aliphatic heterocycles. The molecule has 5 heteroatoms. The predicted molar refractivity (Wildman–Crippen MR) is 137 cm³/mol. The first-order chi connectivity index (χ1) is 16.9. The molecule has 2 saturated carbocycles. The normalized spacial score (nSPS) is 16.9. The van der Waals surface area contributed by atoms with Crippen LogP contribution in [0.1, 0.15) is 37.8 Å². The van der Waals surface area contributed by atoms with E-state index >= 15 is 0 Å². The fraction of sp³-hybridized carbons (Fsp3) is 0.167. The Balaban J connectivity index is 1.77. The highest BCUT2D eigenvalue weighted by Gasteiger charge is 2.49. The van der Waals surface area contributed by atoms with Gasteiger partial charge in [-0.25, -0.2) is 0 Å². The summed E-state index contributed by atoms with van der Waals surface area (Å²) < 4.78 is 0. The molecule has 4 rings (SSSR count). The molecule has 0 unspecified atom stereocenters. The number of rotatable bonds is 9. The third kappa shape index (κ3) is 5.66. The van der Waals surface area contributed by atoms with E-state index in [9.17, 15) is 14.4 Å². The molecule has 2 aliphatic carbocycles. The van der Waals surface area contributed by atoms with Crippen molar-refractivity contribution in [3.63, 3.8) is 0 Å². The first-order valence-corrected chi connectivity index (χ1v) is 11.6. The average molecular weight is 465 g/mol. The van der Waals surface area contributed by atoms with Crippen molar-refractivity contribution in [1.82, 2.24) is 0 Å². The summed E-state index contributed by atoms with van der Waals surface area (Å²) in [4.78, 5) is 37.3. The van der Waals surface area contributed by atoms with Crippen LogP contribution in [0.15, 0.2) is 48.5 Å². The van der Waals surface area contributed by atoms with E-state index in [2.05, 4.69) is 10.6 Å². The summed E-state index contributed by atoms with van der Waals surface area (Å²) in [5.74, 6) is 1.77. The molecule has 5 nitrogen and oxygen atoms in total. The molecule has 2 aromatic rings. The van der Waals surface area contributed by atoms with E-state index in [0.29, 0.717) is 24.2 Å². The smallest absolute Gasteiger partial charge is 0.221 e. The lowest BCUT2D eigenvalue weighted by Crippen LogP contribution is -2.43. The molecule has 2 aromatic carbocycles. The van der Waals surface area contributed by atoms with Crippen molar-refractivity contribution < 1.29 is 14.4 Å². The van der Waals surface area contributed by atoms with Crippen LogP contribution in [-0.2, 0) is 19.8 Å². The monoisotopic (exact) mass is 464 g/mol. The van der Waals surface area contributed by atoms with Crippen LogP contribution >= 0.6 is 0 Å². The Hall–Kier alpha value is -2.95. The zero-order valence-electron chi connectivity index (χ0n) is 19.9. The molecule has 2 N–H and O–H groups in total. The van der Waals surface area contributed by atoms with Crippen LogP contribution < -0.4 is 10.6 Å². The van der Waals surface area contributed by atoms with Crippen molar-refractivity contribution in [3.05, 3.63) is 123 Å². The number of carbonyl (C=O) groups excluding carboxylic acids is 3. The van der Waals surface area contributed by atoms with E-state index in [1.54, 1.807) is 0 Å². The Morgan fingerprint density at radius 2 is 1.09 bits per heavy atom. The van der Waals surface area contributed by atoms with Crippen molar-refractivity contribution >= 4 is 29.0 Å². The quantitative estimate of drug-likeness (QED) is 0.545. The molecular weight excluding hydrogens is 436 g/mol. The minimum absolute atomic E-state index is 0.0736. The van der Waals surface area contributed by atoms with E-state index in [0.717, 1.165) is 23.0 Å². The molecule has 2 aliphatic rings. The van der Waals surface area contributed by atoms with Gasteiger partial charge in [0.15, 0.2) is 0 Å². The average Bonchev–Trinajstić information content (AvgIpc) is 3.54. The number of anilines is 2. The lowest BCUT2D eigenvalue weighted by atomic mass is 9.61. The molecule has 0 aromatic heterocycles. The molecule has 35 heavy (non-hydrogen) atoms. The summed E-state index contributed by atoms with van der Waals surface area (Å²) in [6.45, 7) is 2.93. The van der Waals surface area contributed by atoms with Crippen LogP contribution in [0.25, 0.3) is 0 Å². The molecule has 176 valence electrons. The number of nitrogens with one attached hydrogen (secondary N) is 2. The second kappa shape index (κ2) is 11.2. The van der Waals surface area contributed by atoms with Gasteiger partial charge in [0.2, 0.25) is 11.8 Å². The largest absolute Gasteiger partial charge is 0.326 e. The van der Waals surface area contributed by atoms with E-state index in [1.807, 2.05) is 99.9 Å². The fourth-order valence-corrected chi connectivity index (χ4v) is 4.65. The molecular formula is C30H28N2O3. The number of carbonyl (C=O) groups is 3. The van der Waals surface area contributed by atoms with Gasteiger partial charge in [0.1, 0.15) is 5.78 Å². The summed E-state index contributed by atoms with van der Waals surface area (Å²) in [6, 6.07) is 14.9.